The molecule has 0 saturated carbocycles. The third-order valence-corrected chi connectivity index (χ3v) is 6.92. The van der Waals surface area contributed by atoms with Gasteiger partial charge in [-0.05, 0) is 61.9 Å². The second kappa shape index (κ2) is 11.2. The minimum absolute atomic E-state index is 0.113. The number of nitrogens with zero attached hydrogens (tertiary/aromatic N) is 3. The number of carbonyl (C=O) groups is 2. The van der Waals surface area contributed by atoms with Gasteiger partial charge in [-0.1, -0.05) is 18.2 Å². The zero-order valence-corrected chi connectivity index (χ0v) is 21.5. The van der Waals surface area contributed by atoms with E-state index in [0.717, 1.165) is 5.56 Å². The van der Waals surface area contributed by atoms with Crippen LogP contribution >= 0.6 is 0 Å². The summed E-state index contributed by atoms with van der Waals surface area (Å²) in [5, 5.41) is 16.7. The number of nitrogens with two attached hydrogens (primary N) is 1. The first-order valence-electron chi connectivity index (χ1n) is 12.4. The fourth-order valence-corrected chi connectivity index (χ4v) is 4.60. The number of hydrogen-bond acceptors (Lipinski definition) is 7. The van der Waals surface area contributed by atoms with Crippen LogP contribution in [0.4, 0.5) is 4.79 Å². The molecule has 1 fully saturated rings. The molecule has 1 aliphatic carbocycles. The predicted molar refractivity (Wildman–Crippen MR) is 142 cm³/mol. The van der Waals surface area contributed by atoms with Gasteiger partial charge in [0.05, 0.1) is 17.0 Å². The van der Waals surface area contributed by atoms with E-state index in [4.69, 9.17) is 25.9 Å². The summed E-state index contributed by atoms with van der Waals surface area (Å²) in [6, 6.07) is 16.1. The van der Waals surface area contributed by atoms with Crippen molar-refractivity contribution in [1.82, 2.24) is 9.80 Å². The second-order valence-electron chi connectivity index (χ2n) is 9.50. The van der Waals surface area contributed by atoms with E-state index in [1.54, 1.807) is 58.4 Å². The van der Waals surface area contributed by atoms with Crippen LogP contribution in [0, 0.1) is 22.2 Å². The Morgan fingerprint density at radius 2 is 1.97 bits per heavy atom. The summed E-state index contributed by atoms with van der Waals surface area (Å²) >= 11 is 0. The zero-order chi connectivity index (χ0) is 27.3. The third kappa shape index (κ3) is 5.54. The Hall–Kier alpha value is -4.58. The van der Waals surface area contributed by atoms with Crippen LogP contribution < -0.4 is 10.5 Å². The van der Waals surface area contributed by atoms with Crippen molar-refractivity contribution < 1.29 is 19.1 Å². The van der Waals surface area contributed by atoms with Crippen LogP contribution in [-0.4, -0.2) is 53.7 Å². The van der Waals surface area contributed by atoms with Gasteiger partial charge in [-0.15, -0.1) is 0 Å². The SMILES string of the molecule is CC=C(N)C1(C=N)C=C(OC(=O)N2CCN(C(=O)c3ccc(OCc4cccc(C#N)c4)cc3)CC2C)C1. The standard InChI is InChI=1S/C29H31N5O4/c1-3-26(32)29(19-31)14-25(15-29)38-28(36)34-12-11-33(17-20(34)2)27(35)23-7-9-24(10-8-23)37-18-22-6-4-5-21(13-22)16-30/h3-10,13-14,19-20,31H,11-12,15,17-18,32H2,1-2H3. The van der Waals surface area contributed by atoms with Crippen molar-refractivity contribution in [1.29, 1.82) is 10.7 Å². The lowest BCUT2D eigenvalue weighted by Crippen LogP contribution is -2.55. The molecule has 0 aromatic heterocycles. The molecule has 1 aliphatic heterocycles. The van der Waals surface area contributed by atoms with E-state index in [1.165, 1.54) is 6.21 Å². The van der Waals surface area contributed by atoms with Gasteiger partial charge in [-0.2, -0.15) is 5.26 Å². The fourth-order valence-electron chi connectivity index (χ4n) is 4.60. The van der Waals surface area contributed by atoms with E-state index in [0.29, 0.717) is 61.0 Å². The molecule has 2 atom stereocenters. The van der Waals surface area contributed by atoms with Crippen molar-refractivity contribution in [3.05, 3.63) is 88.8 Å². The highest BCUT2D eigenvalue weighted by Crippen LogP contribution is 2.42. The molecule has 38 heavy (non-hydrogen) atoms. The monoisotopic (exact) mass is 513 g/mol. The van der Waals surface area contributed by atoms with Crippen LogP contribution in [0.3, 0.4) is 0 Å². The van der Waals surface area contributed by atoms with Crippen LogP contribution in [-0.2, 0) is 11.3 Å². The normalized spacial score (nSPS) is 21.0. The highest BCUT2D eigenvalue weighted by molar-refractivity contribution is 5.94. The lowest BCUT2D eigenvalue weighted by molar-refractivity contribution is 0.0457. The van der Waals surface area contributed by atoms with Gasteiger partial charge in [0.25, 0.3) is 5.91 Å². The van der Waals surface area contributed by atoms with Crippen molar-refractivity contribution in [2.75, 3.05) is 19.6 Å². The topological polar surface area (TPSA) is 133 Å². The Morgan fingerprint density at radius 1 is 1.24 bits per heavy atom. The van der Waals surface area contributed by atoms with Gasteiger partial charge in [0.2, 0.25) is 0 Å². The Kier molecular flexibility index (Phi) is 7.82. The Balaban J connectivity index is 1.29. The van der Waals surface area contributed by atoms with Gasteiger partial charge < -0.3 is 30.4 Å². The summed E-state index contributed by atoms with van der Waals surface area (Å²) in [5.41, 5.74) is 7.87. The van der Waals surface area contributed by atoms with Gasteiger partial charge in [-0.3, -0.25) is 4.79 Å². The number of amides is 2. The molecular formula is C29H31N5O4. The summed E-state index contributed by atoms with van der Waals surface area (Å²) in [6.45, 7) is 5.14. The molecule has 2 aromatic rings. The molecule has 2 aromatic carbocycles. The van der Waals surface area contributed by atoms with E-state index in [2.05, 4.69) is 6.07 Å². The molecule has 1 heterocycles. The highest BCUT2D eigenvalue weighted by Gasteiger charge is 2.41. The van der Waals surface area contributed by atoms with Crippen molar-refractivity contribution in [3.63, 3.8) is 0 Å². The van der Waals surface area contributed by atoms with E-state index >= 15 is 0 Å². The highest BCUT2D eigenvalue weighted by atomic mass is 16.6. The first-order chi connectivity index (χ1) is 18.3. The molecule has 0 radical (unpaired) electrons. The van der Waals surface area contributed by atoms with Crippen LogP contribution in [0.5, 0.6) is 5.75 Å². The quantitative estimate of drug-likeness (QED) is 0.533. The van der Waals surface area contributed by atoms with Gasteiger partial charge in [0.1, 0.15) is 18.1 Å². The molecule has 0 spiro atoms. The predicted octanol–water partition coefficient (Wildman–Crippen LogP) is 4.21. The zero-order valence-electron chi connectivity index (χ0n) is 21.5. The number of ether oxygens (including phenoxy) is 2. The molecule has 4 rings (SSSR count). The lowest BCUT2D eigenvalue weighted by atomic mass is 9.73. The number of benzene rings is 2. The first-order valence-corrected chi connectivity index (χ1v) is 12.4. The van der Waals surface area contributed by atoms with Crippen molar-refractivity contribution >= 4 is 18.2 Å². The summed E-state index contributed by atoms with van der Waals surface area (Å²) in [6.07, 6.45) is 4.62. The minimum Gasteiger partial charge on any atom is -0.489 e. The third-order valence-electron chi connectivity index (χ3n) is 6.92. The first kappa shape index (κ1) is 26.5. The van der Waals surface area contributed by atoms with E-state index < -0.39 is 11.5 Å². The number of carbonyl (C=O) groups excluding carboxylic acids is 2. The average Bonchev–Trinajstić information content (AvgIpc) is 2.93. The number of piperazine rings is 1. The molecule has 9 nitrogen and oxygen atoms in total. The second-order valence-corrected chi connectivity index (χ2v) is 9.50. The minimum atomic E-state index is -0.676. The molecule has 1 saturated heterocycles. The molecule has 196 valence electrons. The van der Waals surface area contributed by atoms with Crippen LogP contribution in [0.15, 0.2) is 72.1 Å². The van der Waals surface area contributed by atoms with Crippen molar-refractivity contribution in [2.45, 2.75) is 32.9 Å². The maximum atomic E-state index is 13.1. The molecule has 2 aliphatic rings. The maximum Gasteiger partial charge on any atom is 0.415 e. The molecule has 0 bridgehead atoms. The summed E-state index contributed by atoms with van der Waals surface area (Å²) in [4.78, 5) is 29.2. The Bertz CT molecular complexity index is 1330. The van der Waals surface area contributed by atoms with E-state index in [-0.39, 0.29) is 11.9 Å². The van der Waals surface area contributed by atoms with Crippen molar-refractivity contribution in [2.24, 2.45) is 11.1 Å². The van der Waals surface area contributed by atoms with Gasteiger partial charge in [0, 0.05) is 49.6 Å². The summed E-state index contributed by atoms with van der Waals surface area (Å²) in [5.74, 6) is 1.00. The van der Waals surface area contributed by atoms with Gasteiger partial charge in [-0.25, -0.2) is 4.79 Å². The Morgan fingerprint density at radius 3 is 2.61 bits per heavy atom. The van der Waals surface area contributed by atoms with Crippen molar-refractivity contribution in [3.8, 4) is 11.8 Å². The summed E-state index contributed by atoms with van der Waals surface area (Å²) < 4.78 is 11.3. The fraction of sp³-hybridized carbons (Fsp3) is 0.310. The molecule has 2 amide bonds. The Labute approximate surface area is 222 Å². The molecule has 3 N–H and O–H groups in total. The molecular weight excluding hydrogens is 482 g/mol. The lowest BCUT2D eigenvalue weighted by Gasteiger charge is -2.41. The summed E-state index contributed by atoms with van der Waals surface area (Å²) in [7, 11) is 0. The van der Waals surface area contributed by atoms with E-state index in [9.17, 15) is 9.59 Å². The molecule has 9 heteroatoms. The number of nitriles is 1. The largest absolute Gasteiger partial charge is 0.489 e. The number of allylic oxidation sites excluding steroid dienone is 3. The van der Waals surface area contributed by atoms with Gasteiger partial charge >= 0.3 is 6.09 Å². The van der Waals surface area contributed by atoms with Crippen LogP contribution in [0.1, 0.15) is 41.8 Å². The van der Waals surface area contributed by atoms with Gasteiger partial charge in [0.15, 0.2) is 0 Å². The van der Waals surface area contributed by atoms with E-state index in [1.807, 2.05) is 26.0 Å². The number of rotatable bonds is 7. The number of nitrogens with one attached hydrogen (secondary N) is 1. The maximum absolute atomic E-state index is 13.1. The van der Waals surface area contributed by atoms with Crippen LogP contribution in [0.25, 0.3) is 0 Å². The molecule has 2 unspecified atom stereocenters. The smallest absolute Gasteiger partial charge is 0.415 e. The average molecular weight is 514 g/mol. The number of hydrogen-bond donors (Lipinski definition) is 2. The van der Waals surface area contributed by atoms with Crippen LogP contribution in [0.2, 0.25) is 0 Å².